The van der Waals surface area contributed by atoms with Crippen LogP contribution in [0.5, 0.6) is 0 Å². The van der Waals surface area contributed by atoms with Crippen LogP contribution < -0.4 is 5.73 Å². The van der Waals surface area contributed by atoms with E-state index in [2.05, 4.69) is 0 Å². The van der Waals surface area contributed by atoms with E-state index in [0.29, 0.717) is 0 Å². The van der Waals surface area contributed by atoms with E-state index in [0.717, 1.165) is 5.56 Å². The molecule has 1 rings (SSSR count). The van der Waals surface area contributed by atoms with Gasteiger partial charge in [0.2, 0.25) is 0 Å². The van der Waals surface area contributed by atoms with Gasteiger partial charge in [-0.1, -0.05) is 17.7 Å². The van der Waals surface area contributed by atoms with Gasteiger partial charge in [-0.05, 0) is 26.0 Å². The second-order valence-corrected chi connectivity index (χ2v) is 5.57. The van der Waals surface area contributed by atoms with E-state index in [1.54, 1.807) is 12.1 Å². The smallest absolute Gasteiger partial charge is 0.297 e. The lowest BCUT2D eigenvalue weighted by Gasteiger charge is -2.14. The number of benzene rings is 1. The number of aryl methyl sites for hydroxylation is 1. The van der Waals surface area contributed by atoms with Crippen LogP contribution in [-0.2, 0) is 14.3 Å². The Kier molecular flexibility index (Phi) is 4.64. The molecule has 3 N–H and O–H groups in total. The minimum absolute atomic E-state index is 0.0842. The Labute approximate surface area is 101 Å². The zero-order valence-electron chi connectivity index (χ0n) is 9.83. The largest absolute Gasteiger partial charge is 0.392 e. The minimum Gasteiger partial charge on any atom is -0.392 e. The van der Waals surface area contributed by atoms with Crippen LogP contribution in [-0.4, -0.2) is 32.3 Å². The number of hydrogen-bond acceptors (Lipinski definition) is 5. The van der Waals surface area contributed by atoms with Gasteiger partial charge in [0.1, 0.15) is 0 Å². The summed E-state index contributed by atoms with van der Waals surface area (Å²) in [7, 11) is -3.80. The number of aliphatic hydroxyl groups excluding tert-OH is 1. The fraction of sp³-hybridized carbons (Fsp3) is 0.455. The van der Waals surface area contributed by atoms with Gasteiger partial charge in [-0.15, -0.1) is 0 Å². The van der Waals surface area contributed by atoms with Crippen molar-refractivity contribution in [1.29, 1.82) is 0 Å². The molecule has 1 aromatic rings. The van der Waals surface area contributed by atoms with Crippen LogP contribution in [0.1, 0.15) is 12.5 Å². The molecule has 0 aliphatic carbocycles. The SMILES string of the molecule is Cc1ccc(S(=O)(=O)OC[C@@H](N)[C@H](C)O)cc1. The lowest BCUT2D eigenvalue weighted by Crippen LogP contribution is -2.37. The molecule has 96 valence electrons. The summed E-state index contributed by atoms with van der Waals surface area (Å²) in [6.07, 6.45) is -0.816. The maximum Gasteiger partial charge on any atom is 0.297 e. The molecule has 1 aromatic carbocycles. The topological polar surface area (TPSA) is 89.6 Å². The predicted molar refractivity (Wildman–Crippen MR) is 64.0 cm³/mol. The van der Waals surface area contributed by atoms with Gasteiger partial charge in [0.25, 0.3) is 10.1 Å². The molecule has 5 nitrogen and oxygen atoms in total. The Morgan fingerprint density at radius 2 is 1.88 bits per heavy atom. The van der Waals surface area contributed by atoms with Crippen molar-refractivity contribution in [3.8, 4) is 0 Å². The van der Waals surface area contributed by atoms with E-state index in [1.165, 1.54) is 19.1 Å². The Hall–Kier alpha value is -0.950. The summed E-state index contributed by atoms with van der Waals surface area (Å²) in [5.41, 5.74) is 6.45. The van der Waals surface area contributed by atoms with Crippen molar-refractivity contribution in [2.75, 3.05) is 6.61 Å². The van der Waals surface area contributed by atoms with Gasteiger partial charge >= 0.3 is 0 Å². The second kappa shape index (κ2) is 5.59. The Morgan fingerprint density at radius 1 is 1.35 bits per heavy atom. The van der Waals surface area contributed by atoms with E-state index in [4.69, 9.17) is 15.0 Å². The van der Waals surface area contributed by atoms with Crippen LogP contribution in [0.15, 0.2) is 29.2 Å². The summed E-state index contributed by atoms with van der Waals surface area (Å²) < 4.78 is 28.2. The predicted octanol–water partition coefficient (Wildman–Crippen LogP) is 0.408. The average Bonchev–Trinajstić information content (AvgIpc) is 2.26. The van der Waals surface area contributed by atoms with Gasteiger partial charge in [0.15, 0.2) is 0 Å². The van der Waals surface area contributed by atoms with E-state index >= 15 is 0 Å². The van der Waals surface area contributed by atoms with Crippen molar-refractivity contribution in [3.05, 3.63) is 29.8 Å². The summed E-state index contributed by atoms with van der Waals surface area (Å²) in [6, 6.07) is 5.59. The van der Waals surface area contributed by atoms with Crippen LogP contribution in [0.25, 0.3) is 0 Å². The molecule has 0 heterocycles. The van der Waals surface area contributed by atoms with Crippen LogP contribution in [0.3, 0.4) is 0 Å². The molecule has 0 aromatic heterocycles. The zero-order chi connectivity index (χ0) is 13.1. The molecule has 0 saturated carbocycles. The zero-order valence-corrected chi connectivity index (χ0v) is 10.6. The third-order valence-electron chi connectivity index (χ3n) is 2.34. The first-order valence-electron chi connectivity index (χ1n) is 5.22. The molecule has 0 fully saturated rings. The molecule has 0 aliphatic rings. The van der Waals surface area contributed by atoms with E-state index in [9.17, 15) is 8.42 Å². The normalized spacial score (nSPS) is 15.5. The molecule has 0 saturated heterocycles. The van der Waals surface area contributed by atoms with Gasteiger partial charge in [-0.2, -0.15) is 8.42 Å². The first-order valence-corrected chi connectivity index (χ1v) is 6.63. The molecule has 0 bridgehead atoms. The summed E-state index contributed by atoms with van der Waals surface area (Å²) in [6.45, 7) is 3.10. The molecule has 0 amide bonds. The van der Waals surface area contributed by atoms with Crippen molar-refractivity contribution in [2.24, 2.45) is 5.73 Å². The van der Waals surface area contributed by atoms with Gasteiger partial charge < -0.3 is 10.8 Å². The summed E-state index contributed by atoms with van der Waals surface area (Å²) in [5.74, 6) is 0. The molecular formula is C11H17NO4S. The maximum atomic E-state index is 11.7. The summed E-state index contributed by atoms with van der Waals surface area (Å²) >= 11 is 0. The highest BCUT2D eigenvalue weighted by molar-refractivity contribution is 7.86. The Balaban J connectivity index is 2.72. The number of nitrogens with two attached hydrogens (primary N) is 1. The van der Waals surface area contributed by atoms with Gasteiger partial charge in [-0.3, -0.25) is 4.18 Å². The Bertz CT molecular complexity index is 453. The molecular weight excluding hydrogens is 242 g/mol. The fourth-order valence-corrected chi connectivity index (χ4v) is 2.02. The highest BCUT2D eigenvalue weighted by Gasteiger charge is 2.18. The van der Waals surface area contributed by atoms with Crippen LogP contribution in [0.2, 0.25) is 0 Å². The van der Waals surface area contributed by atoms with Crippen LogP contribution in [0.4, 0.5) is 0 Å². The lowest BCUT2D eigenvalue weighted by molar-refractivity contribution is 0.133. The minimum atomic E-state index is -3.80. The number of rotatable bonds is 5. The molecule has 0 unspecified atom stereocenters. The van der Waals surface area contributed by atoms with Crippen LogP contribution >= 0.6 is 0 Å². The molecule has 17 heavy (non-hydrogen) atoms. The standard InChI is InChI=1S/C11H17NO4S/c1-8-3-5-10(6-4-8)17(14,15)16-7-11(12)9(2)13/h3-6,9,11,13H,7,12H2,1-2H3/t9-,11+/m0/s1. The number of aliphatic hydroxyl groups is 1. The molecule has 0 aliphatic heterocycles. The Morgan fingerprint density at radius 3 is 2.35 bits per heavy atom. The first kappa shape index (κ1) is 14.1. The quantitative estimate of drug-likeness (QED) is 0.747. The van der Waals surface area contributed by atoms with E-state index in [-0.39, 0.29) is 11.5 Å². The lowest BCUT2D eigenvalue weighted by atomic mass is 10.2. The van der Waals surface area contributed by atoms with Crippen molar-refractivity contribution in [3.63, 3.8) is 0 Å². The summed E-state index contributed by atoms with van der Waals surface area (Å²) in [5, 5.41) is 9.12. The highest BCUT2D eigenvalue weighted by Crippen LogP contribution is 2.13. The summed E-state index contributed by atoms with van der Waals surface area (Å²) in [4.78, 5) is 0.0842. The van der Waals surface area contributed by atoms with Crippen molar-refractivity contribution in [2.45, 2.75) is 30.9 Å². The van der Waals surface area contributed by atoms with Gasteiger partial charge in [-0.25, -0.2) is 0 Å². The third-order valence-corrected chi connectivity index (χ3v) is 3.64. The average molecular weight is 259 g/mol. The molecule has 6 heteroatoms. The fourth-order valence-electron chi connectivity index (χ4n) is 1.08. The van der Waals surface area contributed by atoms with Crippen LogP contribution in [0, 0.1) is 6.92 Å². The molecule has 2 atom stereocenters. The van der Waals surface area contributed by atoms with Gasteiger partial charge in [0, 0.05) is 0 Å². The maximum absolute atomic E-state index is 11.7. The monoisotopic (exact) mass is 259 g/mol. The second-order valence-electron chi connectivity index (χ2n) is 3.96. The molecule has 0 spiro atoms. The van der Waals surface area contributed by atoms with Gasteiger partial charge in [0.05, 0.1) is 23.6 Å². The third kappa shape index (κ3) is 4.08. The van der Waals surface area contributed by atoms with Crippen molar-refractivity contribution >= 4 is 10.1 Å². The van der Waals surface area contributed by atoms with E-state index < -0.39 is 22.3 Å². The van der Waals surface area contributed by atoms with Crippen molar-refractivity contribution < 1.29 is 17.7 Å². The van der Waals surface area contributed by atoms with Crippen molar-refractivity contribution in [1.82, 2.24) is 0 Å². The highest BCUT2D eigenvalue weighted by atomic mass is 32.2. The first-order chi connectivity index (χ1) is 7.83. The number of hydrogen-bond donors (Lipinski definition) is 2. The molecule has 0 radical (unpaired) electrons. The van der Waals surface area contributed by atoms with E-state index in [1.807, 2.05) is 6.92 Å².